The van der Waals surface area contributed by atoms with Crippen molar-refractivity contribution in [2.45, 2.75) is 37.0 Å². The minimum absolute atomic E-state index is 0.221. The molecule has 0 aliphatic carbocycles. The molecule has 3 heterocycles. The van der Waals surface area contributed by atoms with Crippen LogP contribution in [0, 0.1) is 0 Å². The third-order valence-corrected chi connectivity index (χ3v) is 4.59. The van der Waals surface area contributed by atoms with Gasteiger partial charge in [-0.15, -0.1) is 0 Å². The highest BCUT2D eigenvalue weighted by atomic mass is 16.6. The van der Waals surface area contributed by atoms with Crippen molar-refractivity contribution < 1.29 is 14.9 Å². The summed E-state index contributed by atoms with van der Waals surface area (Å²) < 4.78 is 7.56. The lowest BCUT2D eigenvalue weighted by molar-refractivity contribution is -0.159. The first-order valence-electron chi connectivity index (χ1n) is 7.98. The number of hydrogen-bond donors (Lipinski definition) is 5. The predicted octanol–water partition coefficient (Wildman–Crippen LogP) is -1.35. The van der Waals surface area contributed by atoms with Crippen molar-refractivity contribution in [3.63, 3.8) is 0 Å². The van der Waals surface area contributed by atoms with E-state index < -0.39 is 24.2 Å². The number of fused-ring (bicyclic) bond motifs is 1. The molecule has 7 N–H and O–H groups in total. The van der Waals surface area contributed by atoms with Crippen LogP contribution < -0.4 is 16.8 Å². The molecule has 0 amide bonds. The van der Waals surface area contributed by atoms with Crippen LogP contribution in [0.2, 0.25) is 0 Å². The second-order valence-corrected chi connectivity index (χ2v) is 6.08. The molecule has 10 heteroatoms. The molecular weight excluding hydrogens is 326 g/mol. The van der Waals surface area contributed by atoms with E-state index in [0.717, 1.165) is 5.57 Å². The van der Waals surface area contributed by atoms with E-state index in [1.807, 2.05) is 0 Å². The molecule has 2 aromatic rings. The van der Waals surface area contributed by atoms with Crippen LogP contribution in [0.25, 0.3) is 11.2 Å². The largest absolute Gasteiger partial charge is 0.387 e. The number of rotatable bonds is 6. The molecule has 0 spiro atoms. The van der Waals surface area contributed by atoms with Gasteiger partial charge in [0, 0.05) is 6.54 Å². The fraction of sp³-hybridized carbons (Fsp3) is 0.533. The van der Waals surface area contributed by atoms with Crippen molar-refractivity contribution in [1.82, 2.24) is 24.8 Å². The van der Waals surface area contributed by atoms with Crippen molar-refractivity contribution in [3.05, 3.63) is 24.8 Å². The van der Waals surface area contributed by atoms with Gasteiger partial charge in [0.1, 0.15) is 30.4 Å². The zero-order valence-corrected chi connectivity index (χ0v) is 14.0. The van der Waals surface area contributed by atoms with E-state index in [1.54, 1.807) is 7.05 Å². The average Bonchev–Trinajstić information content (AvgIpc) is 3.16. The number of aliphatic hydroxyl groups is 2. The Morgan fingerprint density at radius 3 is 2.88 bits per heavy atom. The lowest BCUT2D eigenvalue weighted by Crippen LogP contribution is -2.54. The Labute approximate surface area is 144 Å². The van der Waals surface area contributed by atoms with Crippen molar-refractivity contribution in [2.75, 3.05) is 19.3 Å². The van der Waals surface area contributed by atoms with Crippen LogP contribution in [0.1, 0.15) is 12.8 Å². The summed E-state index contributed by atoms with van der Waals surface area (Å²) in [6.45, 7) is 4.21. The number of ether oxygens (including phenoxy) is 1. The molecule has 4 atom stereocenters. The molecule has 1 saturated heterocycles. The van der Waals surface area contributed by atoms with Gasteiger partial charge in [-0.25, -0.2) is 15.0 Å². The molecule has 1 aliphatic rings. The molecule has 0 saturated carbocycles. The van der Waals surface area contributed by atoms with Crippen LogP contribution in [0.3, 0.4) is 0 Å². The van der Waals surface area contributed by atoms with Gasteiger partial charge in [-0.2, -0.15) is 0 Å². The zero-order chi connectivity index (χ0) is 18.2. The average molecular weight is 349 g/mol. The Morgan fingerprint density at radius 2 is 2.20 bits per heavy atom. The second kappa shape index (κ2) is 6.65. The number of nitrogens with two attached hydrogens (primary N) is 2. The second-order valence-electron chi connectivity index (χ2n) is 6.08. The molecule has 136 valence electrons. The Hall–Kier alpha value is -2.11. The molecule has 0 radical (unpaired) electrons. The number of imidazole rings is 1. The maximum absolute atomic E-state index is 10.7. The van der Waals surface area contributed by atoms with E-state index >= 15 is 0 Å². The highest BCUT2D eigenvalue weighted by Crippen LogP contribution is 2.37. The van der Waals surface area contributed by atoms with Crippen molar-refractivity contribution in [2.24, 2.45) is 5.73 Å². The van der Waals surface area contributed by atoms with Crippen LogP contribution in [-0.2, 0) is 10.6 Å². The molecule has 1 aliphatic heterocycles. The van der Waals surface area contributed by atoms with Crippen LogP contribution in [0.4, 0.5) is 5.82 Å². The lowest BCUT2D eigenvalue weighted by Gasteiger charge is -2.33. The van der Waals surface area contributed by atoms with Crippen LogP contribution in [0.15, 0.2) is 24.8 Å². The number of anilines is 1. The third kappa shape index (κ3) is 2.77. The maximum atomic E-state index is 10.7. The molecule has 0 unspecified atom stereocenters. The highest BCUT2D eigenvalue weighted by molar-refractivity contribution is 5.81. The summed E-state index contributed by atoms with van der Waals surface area (Å²) in [6, 6.07) is 0. The highest BCUT2D eigenvalue weighted by Gasteiger charge is 2.55. The number of aromatic nitrogens is 4. The minimum atomic E-state index is -1.43. The Bertz CT molecular complexity index is 780. The molecule has 0 bridgehead atoms. The molecular formula is C15H23N7O3. The smallest absolute Gasteiger partial charge is 0.234 e. The quantitative estimate of drug-likeness (QED) is 0.398. The molecule has 1 fully saturated rings. The Kier molecular flexibility index (Phi) is 4.71. The molecule has 2 aromatic heterocycles. The summed E-state index contributed by atoms with van der Waals surface area (Å²) in [6.07, 6.45) is 0.855. The Morgan fingerprint density at radius 1 is 1.44 bits per heavy atom. The van der Waals surface area contributed by atoms with E-state index in [1.165, 1.54) is 17.2 Å². The first-order valence-corrected chi connectivity index (χ1v) is 7.98. The summed E-state index contributed by atoms with van der Waals surface area (Å²) in [4.78, 5) is 12.3. The van der Waals surface area contributed by atoms with Gasteiger partial charge in [-0.05, 0) is 19.9 Å². The van der Waals surface area contributed by atoms with Gasteiger partial charge in [-0.3, -0.25) is 9.88 Å². The van der Waals surface area contributed by atoms with Gasteiger partial charge in [0.2, 0.25) is 5.85 Å². The van der Waals surface area contributed by atoms with E-state index in [9.17, 15) is 10.2 Å². The van der Waals surface area contributed by atoms with Crippen LogP contribution in [-0.4, -0.2) is 61.6 Å². The van der Waals surface area contributed by atoms with E-state index in [2.05, 4.69) is 26.8 Å². The topological polar surface area (TPSA) is 157 Å². The van der Waals surface area contributed by atoms with Gasteiger partial charge < -0.3 is 26.4 Å². The maximum Gasteiger partial charge on any atom is 0.234 e. The zero-order valence-electron chi connectivity index (χ0n) is 14.0. The normalized spacial score (nSPS) is 29.4. The van der Waals surface area contributed by atoms with E-state index in [4.69, 9.17) is 16.2 Å². The molecule has 0 aromatic carbocycles. The molecule has 10 nitrogen and oxygen atoms in total. The molecule has 3 rings (SSSR count). The number of hydrogen-bond acceptors (Lipinski definition) is 9. The standard InChI is InChI=1S/C15H23N7O3/c1-8(5-16)3-4-9-11(23)12(24)15(18-2,25-9)22-7-21-10-13(17)19-6-20-14(10)22/h6-7,9,11-12,18,23-24H,1,3-5,16H2,2H3,(H2,17,19,20)/t9-,11-,12-,15+/m1/s1. The van der Waals surface area contributed by atoms with E-state index in [0.29, 0.717) is 30.6 Å². The fourth-order valence-corrected chi connectivity index (χ4v) is 3.11. The number of likely N-dealkylation sites (N-methyl/N-ethyl adjacent to an activating group) is 1. The van der Waals surface area contributed by atoms with Gasteiger partial charge in [0.25, 0.3) is 0 Å². The summed E-state index contributed by atoms with van der Waals surface area (Å²) in [5.41, 5.74) is 13.0. The van der Waals surface area contributed by atoms with Crippen molar-refractivity contribution in [3.8, 4) is 0 Å². The number of nitrogens with one attached hydrogen (secondary N) is 1. The number of nitrogens with zero attached hydrogens (tertiary/aromatic N) is 4. The Balaban J connectivity index is 1.96. The van der Waals surface area contributed by atoms with E-state index in [-0.39, 0.29) is 5.82 Å². The summed E-state index contributed by atoms with van der Waals surface area (Å²) in [7, 11) is 1.62. The monoisotopic (exact) mass is 349 g/mol. The predicted molar refractivity (Wildman–Crippen MR) is 91.1 cm³/mol. The van der Waals surface area contributed by atoms with Gasteiger partial charge in [-0.1, -0.05) is 12.2 Å². The van der Waals surface area contributed by atoms with Crippen LogP contribution in [0.5, 0.6) is 0 Å². The fourth-order valence-electron chi connectivity index (χ4n) is 3.11. The van der Waals surface area contributed by atoms with Gasteiger partial charge >= 0.3 is 0 Å². The minimum Gasteiger partial charge on any atom is -0.387 e. The summed E-state index contributed by atoms with van der Waals surface area (Å²) >= 11 is 0. The van der Waals surface area contributed by atoms with Crippen molar-refractivity contribution >= 4 is 17.0 Å². The first-order chi connectivity index (χ1) is 11.9. The SMILES string of the molecule is C=C(CN)CC[C@H]1O[C@@](NC)(n2cnc3c(N)ncnc32)[C@H](O)[C@@H]1O. The summed E-state index contributed by atoms with van der Waals surface area (Å²) in [5, 5.41) is 24.1. The van der Waals surface area contributed by atoms with Gasteiger partial charge in [0.05, 0.1) is 6.10 Å². The van der Waals surface area contributed by atoms with Crippen LogP contribution >= 0.6 is 0 Å². The van der Waals surface area contributed by atoms with Gasteiger partial charge in [0.15, 0.2) is 11.5 Å². The first kappa shape index (κ1) is 17.7. The lowest BCUT2D eigenvalue weighted by atomic mass is 10.0. The van der Waals surface area contributed by atoms with Crippen molar-refractivity contribution in [1.29, 1.82) is 0 Å². The third-order valence-electron chi connectivity index (χ3n) is 4.59. The molecule has 25 heavy (non-hydrogen) atoms. The summed E-state index contributed by atoms with van der Waals surface area (Å²) in [5.74, 6) is -1.21. The number of nitrogen functional groups attached to an aromatic ring is 1. The number of aliphatic hydroxyl groups excluding tert-OH is 2.